The average Bonchev–Trinajstić information content (AvgIpc) is 3.54. The summed E-state index contributed by atoms with van der Waals surface area (Å²) in [5.41, 5.74) is 16.2. The van der Waals surface area contributed by atoms with Gasteiger partial charge in [-0.05, 0) is 68.8 Å². The maximum Gasteiger partial charge on any atom is 0.197 e. The Morgan fingerprint density at radius 1 is 0.906 bits per heavy atom. The molecule has 1 aliphatic heterocycles. The summed E-state index contributed by atoms with van der Waals surface area (Å²) in [6.07, 6.45) is 4.77. The number of aromatic nitrogens is 4. The lowest BCUT2D eigenvalue weighted by Crippen LogP contribution is -2.10. The maximum atomic E-state index is 3.96. The van der Waals surface area contributed by atoms with Gasteiger partial charge in [0, 0.05) is 6.54 Å². The molecule has 0 atom stereocenters. The number of allylic oxidation sites excluding steroid dienone is 1. The van der Waals surface area contributed by atoms with Gasteiger partial charge in [0.2, 0.25) is 0 Å². The molecular formula is C26H24N6. The van der Waals surface area contributed by atoms with E-state index in [-0.39, 0.29) is 0 Å². The summed E-state index contributed by atoms with van der Waals surface area (Å²) in [5.74, 6) is 0.562. The highest BCUT2D eigenvalue weighted by molar-refractivity contribution is 5.99. The standard InChI is InChI=1S/C26H24N6/c1-2-23(19-6-4-3-5-7-19)26(21-13-14-24-22(16-21)17-27-28-24)20-11-8-18(9-12-20)10-15-25-29-31-32-30-25/h3-16,27-28H,2,17H2,1H3,(H,29,30,31,32)/b15-10+,26-23+. The first-order chi connectivity index (χ1) is 15.8. The Hall–Kier alpha value is -4.03. The summed E-state index contributed by atoms with van der Waals surface area (Å²) in [5, 5.41) is 14.0. The number of H-pyrrole nitrogens is 1. The Morgan fingerprint density at radius 2 is 1.72 bits per heavy atom. The van der Waals surface area contributed by atoms with Crippen LogP contribution < -0.4 is 10.9 Å². The molecule has 5 rings (SSSR count). The number of nitrogens with zero attached hydrogens (tertiary/aromatic N) is 3. The molecule has 0 amide bonds. The molecule has 2 heterocycles. The summed E-state index contributed by atoms with van der Waals surface area (Å²) in [6.45, 7) is 3.05. The number of aromatic amines is 1. The van der Waals surface area contributed by atoms with Gasteiger partial charge in [-0.25, -0.2) is 5.43 Å². The Balaban J connectivity index is 1.59. The van der Waals surface area contributed by atoms with Crippen molar-refractivity contribution in [2.75, 3.05) is 5.43 Å². The highest BCUT2D eigenvalue weighted by Gasteiger charge is 2.16. The molecule has 0 radical (unpaired) electrons. The normalized spacial score (nSPS) is 13.7. The second-order valence-corrected chi connectivity index (χ2v) is 7.65. The largest absolute Gasteiger partial charge is 0.321 e. The fourth-order valence-electron chi connectivity index (χ4n) is 4.10. The van der Waals surface area contributed by atoms with Crippen LogP contribution in [-0.4, -0.2) is 20.6 Å². The van der Waals surface area contributed by atoms with Gasteiger partial charge >= 0.3 is 0 Å². The SMILES string of the molecule is CC/C(=C(/c1ccc(/C=C/c2nn[nH]n2)cc1)c1ccc2c(c1)CNN2)c1ccccc1. The molecule has 6 nitrogen and oxygen atoms in total. The molecule has 0 bridgehead atoms. The number of nitrogens with one attached hydrogen (secondary N) is 3. The Labute approximate surface area is 187 Å². The number of anilines is 1. The van der Waals surface area contributed by atoms with Gasteiger partial charge in [-0.15, -0.1) is 10.2 Å². The first-order valence-electron chi connectivity index (χ1n) is 10.7. The average molecular weight is 421 g/mol. The third kappa shape index (κ3) is 4.08. The zero-order valence-electron chi connectivity index (χ0n) is 17.8. The van der Waals surface area contributed by atoms with Gasteiger partial charge in [0.25, 0.3) is 0 Å². The summed E-state index contributed by atoms with van der Waals surface area (Å²) < 4.78 is 0. The molecule has 0 fully saturated rings. The lowest BCUT2D eigenvalue weighted by atomic mass is 9.87. The number of tetrazole rings is 1. The number of fused-ring (bicyclic) bond motifs is 1. The molecule has 4 aromatic rings. The van der Waals surface area contributed by atoms with Crippen molar-refractivity contribution in [1.82, 2.24) is 26.0 Å². The zero-order valence-corrected chi connectivity index (χ0v) is 17.8. The Bertz CT molecular complexity index is 1260. The van der Waals surface area contributed by atoms with Gasteiger partial charge in [0.05, 0.1) is 5.69 Å². The van der Waals surface area contributed by atoms with Crippen molar-refractivity contribution in [3.63, 3.8) is 0 Å². The predicted molar refractivity (Wildman–Crippen MR) is 129 cm³/mol. The minimum atomic E-state index is 0.562. The quantitative estimate of drug-likeness (QED) is 0.375. The van der Waals surface area contributed by atoms with Crippen molar-refractivity contribution in [3.05, 3.63) is 106 Å². The van der Waals surface area contributed by atoms with Crippen LogP contribution in [0.25, 0.3) is 23.3 Å². The van der Waals surface area contributed by atoms with Crippen LogP contribution in [0.5, 0.6) is 0 Å². The second kappa shape index (κ2) is 8.99. The molecule has 0 spiro atoms. The van der Waals surface area contributed by atoms with Crippen LogP contribution in [0.4, 0.5) is 5.69 Å². The van der Waals surface area contributed by atoms with E-state index >= 15 is 0 Å². The Kier molecular flexibility index (Phi) is 5.59. The van der Waals surface area contributed by atoms with E-state index in [4.69, 9.17) is 0 Å². The van der Waals surface area contributed by atoms with Crippen molar-refractivity contribution in [2.24, 2.45) is 0 Å². The highest BCUT2D eigenvalue weighted by Crippen LogP contribution is 2.36. The van der Waals surface area contributed by atoms with E-state index in [1.54, 1.807) is 0 Å². The van der Waals surface area contributed by atoms with E-state index in [1.807, 2.05) is 12.2 Å². The monoisotopic (exact) mass is 420 g/mol. The Morgan fingerprint density at radius 3 is 2.47 bits per heavy atom. The molecule has 3 aromatic carbocycles. The van der Waals surface area contributed by atoms with Crippen LogP contribution in [0, 0.1) is 0 Å². The van der Waals surface area contributed by atoms with E-state index < -0.39 is 0 Å². The van der Waals surface area contributed by atoms with Crippen molar-refractivity contribution in [3.8, 4) is 0 Å². The number of hydrogen-bond donors (Lipinski definition) is 3. The van der Waals surface area contributed by atoms with Crippen molar-refractivity contribution >= 4 is 29.0 Å². The summed E-state index contributed by atoms with van der Waals surface area (Å²) in [6, 6.07) is 25.9. The topological polar surface area (TPSA) is 78.5 Å². The highest BCUT2D eigenvalue weighted by atomic mass is 15.5. The van der Waals surface area contributed by atoms with Crippen molar-refractivity contribution < 1.29 is 0 Å². The molecule has 158 valence electrons. The van der Waals surface area contributed by atoms with Crippen molar-refractivity contribution in [1.29, 1.82) is 0 Å². The fraction of sp³-hybridized carbons (Fsp3) is 0.115. The molecule has 0 aliphatic carbocycles. The van der Waals surface area contributed by atoms with Crippen LogP contribution >= 0.6 is 0 Å². The zero-order chi connectivity index (χ0) is 21.8. The molecule has 0 unspecified atom stereocenters. The van der Waals surface area contributed by atoms with E-state index in [0.717, 1.165) is 24.2 Å². The van der Waals surface area contributed by atoms with Crippen LogP contribution in [0.2, 0.25) is 0 Å². The summed E-state index contributed by atoms with van der Waals surface area (Å²) in [4.78, 5) is 0. The van der Waals surface area contributed by atoms with Gasteiger partial charge in [-0.1, -0.05) is 73.7 Å². The lowest BCUT2D eigenvalue weighted by Gasteiger charge is -2.17. The molecule has 6 heteroatoms. The van der Waals surface area contributed by atoms with Gasteiger partial charge in [0.15, 0.2) is 5.82 Å². The number of hydrogen-bond acceptors (Lipinski definition) is 5. The number of rotatable bonds is 6. The summed E-state index contributed by atoms with van der Waals surface area (Å²) >= 11 is 0. The minimum absolute atomic E-state index is 0.562. The predicted octanol–water partition coefficient (Wildman–Crippen LogP) is 5.17. The van der Waals surface area contributed by atoms with Crippen molar-refractivity contribution in [2.45, 2.75) is 19.9 Å². The first-order valence-corrected chi connectivity index (χ1v) is 10.7. The lowest BCUT2D eigenvalue weighted by molar-refractivity contribution is 0.860. The van der Waals surface area contributed by atoms with E-state index in [0.29, 0.717) is 5.82 Å². The van der Waals surface area contributed by atoms with E-state index in [1.165, 1.54) is 33.4 Å². The van der Waals surface area contributed by atoms with Gasteiger partial charge in [-0.3, -0.25) is 0 Å². The van der Waals surface area contributed by atoms with Crippen LogP contribution in [0.3, 0.4) is 0 Å². The summed E-state index contributed by atoms with van der Waals surface area (Å²) in [7, 11) is 0. The molecule has 0 saturated heterocycles. The van der Waals surface area contributed by atoms with Gasteiger partial charge in [-0.2, -0.15) is 5.21 Å². The first kappa shape index (κ1) is 19.9. The number of benzene rings is 3. The van der Waals surface area contributed by atoms with Crippen LogP contribution in [0.1, 0.15) is 47.0 Å². The van der Waals surface area contributed by atoms with Crippen LogP contribution in [-0.2, 0) is 6.54 Å². The molecule has 1 aliphatic rings. The maximum absolute atomic E-state index is 3.96. The molecular weight excluding hydrogens is 396 g/mol. The molecule has 0 saturated carbocycles. The fourth-order valence-corrected chi connectivity index (χ4v) is 4.10. The van der Waals surface area contributed by atoms with Gasteiger partial charge in [0.1, 0.15) is 0 Å². The van der Waals surface area contributed by atoms with E-state index in [9.17, 15) is 0 Å². The molecule has 1 aromatic heterocycles. The molecule has 3 N–H and O–H groups in total. The third-order valence-corrected chi connectivity index (χ3v) is 5.66. The third-order valence-electron chi connectivity index (χ3n) is 5.66. The van der Waals surface area contributed by atoms with E-state index in [2.05, 4.69) is 111 Å². The van der Waals surface area contributed by atoms with Gasteiger partial charge < -0.3 is 5.43 Å². The number of hydrazine groups is 1. The smallest absolute Gasteiger partial charge is 0.197 e. The second-order valence-electron chi connectivity index (χ2n) is 7.65. The molecule has 32 heavy (non-hydrogen) atoms. The minimum Gasteiger partial charge on any atom is -0.321 e. The van der Waals surface area contributed by atoms with Crippen LogP contribution in [0.15, 0.2) is 72.8 Å².